The number of ether oxygens (including phenoxy) is 1. The fourth-order valence-corrected chi connectivity index (χ4v) is 3.00. The van der Waals surface area contributed by atoms with Crippen LogP contribution in [0.2, 0.25) is 0 Å². The molecular weight excluding hydrogens is 278 g/mol. The van der Waals surface area contributed by atoms with Gasteiger partial charge in [0.2, 0.25) is 5.91 Å². The zero-order chi connectivity index (χ0) is 16.3. The molecule has 0 bridgehead atoms. The van der Waals surface area contributed by atoms with Crippen molar-refractivity contribution in [2.24, 2.45) is 5.92 Å². The van der Waals surface area contributed by atoms with Crippen molar-refractivity contribution in [1.82, 2.24) is 9.88 Å². The van der Waals surface area contributed by atoms with Gasteiger partial charge in [-0.2, -0.15) is 5.26 Å². The van der Waals surface area contributed by atoms with Gasteiger partial charge in [0, 0.05) is 32.3 Å². The molecule has 22 heavy (non-hydrogen) atoms. The maximum absolute atomic E-state index is 12.0. The van der Waals surface area contributed by atoms with Crippen LogP contribution in [-0.2, 0) is 16.0 Å². The fraction of sp³-hybridized carbons (Fsp3) is 0.588. The lowest BCUT2D eigenvalue weighted by Gasteiger charge is -2.17. The molecule has 0 saturated carbocycles. The normalized spacial score (nSPS) is 17.9. The quantitative estimate of drug-likeness (QED) is 0.833. The predicted octanol–water partition coefficient (Wildman–Crippen LogP) is 1.92. The van der Waals surface area contributed by atoms with E-state index in [1.54, 1.807) is 7.11 Å². The van der Waals surface area contributed by atoms with Gasteiger partial charge in [0.15, 0.2) is 0 Å². The number of methoxy groups -OCH3 is 1. The Kier molecular flexibility index (Phi) is 5.15. The van der Waals surface area contributed by atoms with Gasteiger partial charge in [-0.05, 0) is 44.2 Å². The Morgan fingerprint density at radius 3 is 2.73 bits per heavy atom. The maximum atomic E-state index is 12.0. The molecule has 0 N–H and O–H groups in total. The molecule has 1 saturated heterocycles. The Hall–Kier alpha value is -1.93. The number of hydrogen-bond acceptors (Lipinski definition) is 4. The standard InChI is InChI=1S/C17H23N3O2/c1-11-12(2)15(9-18)16(19-13(11)3)7-14-8-17(21)20(10-14)5-6-22-4/h14H,5-8,10H2,1-4H3/t14-/m1/s1. The number of pyridine rings is 1. The van der Waals surface area contributed by atoms with Crippen LogP contribution in [-0.4, -0.2) is 42.6 Å². The van der Waals surface area contributed by atoms with Gasteiger partial charge in [0.25, 0.3) is 0 Å². The number of aryl methyl sites for hydroxylation is 1. The number of nitriles is 1. The van der Waals surface area contributed by atoms with Crippen LogP contribution in [0.5, 0.6) is 0 Å². The summed E-state index contributed by atoms with van der Waals surface area (Å²) < 4.78 is 5.04. The van der Waals surface area contributed by atoms with Gasteiger partial charge >= 0.3 is 0 Å². The summed E-state index contributed by atoms with van der Waals surface area (Å²) >= 11 is 0. The summed E-state index contributed by atoms with van der Waals surface area (Å²) in [6, 6.07) is 2.28. The minimum absolute atomic E-state index is 0.168. The number of amides is 1. The molecule has 1 amide bonds. The summed E-state index contributed by atoms with van der Waals surface area (Å²) in [5.41, 5.74) is 4.54. The first-order valence-corrected chi connectivity index (χ1v) is 7.61. The monoisotopic (exact) mass is 301 g/mol. The van der Waals surface area contributed by atoms with Crippen LogP contribution in [0.4, 0.5) is 0 Å². The van der Waals surface area contributed by atoms with E-state index in [4.69, 9.17) is 4.74 Å². The molecule has 2 rings (SSSR count). The Bertz CT molecular complexity index is 619. The van der Waals surface area contributed by atoms with E-state index < -0.39 is 0 Å². The molecule has 1 aromatic heterocycles. The number of aromatic nitrogens is 1. The molecule has 0 unspecified atom stereocenters. The van der Waals surface area contributed by atoms with Gasteiger partial charge in [-0.25, -0.2) is 0 Å². The summed E-state index contributed by atoms with van der Waals surface area (Å²) in [5.74, 6) is 0.395. The molecule has 0 aliphatic carbocycles. The highest BCUT2D eigenvalue weighted by Gasteiger charge is 2.30. The summed E-state index contributed by atoms with van der Waals surface area (Å²) in [6.45, 7) is 7.85. The lowest BCUT2D eigenvalue weighted by atomic mass is 9.95. The molecule has 118 valence electrons. The van der Waals surface area contributed by atoms with Crippen LogP contribution in [0.15, 0.2) is 0 Å². The van der Waals surface area contributed by atoms with Crippen LogP contribution in [0.3, 0.4) is 0 Å². The Morgan fingerprint density at radius 2 is 2.09 bits per heavy atom. The van der Waals surface area contributed by atoms with Crippen LogP contribution in [0, 0.1) is 38.0 Å². The highest BCUT2D eigenvalue weighted by atomic mass is 16.5. The van der Waals surface area contributed by atoms with Crippen molar-refractivity contribution < 1.29 is 9.53 Å². The zero-order valence-corrected chi connectivity index (χ0v) is 13.8. The average molecular weight is 301 g/mol. The Balaban J connectivity index is 2.15. The van der Waals surface area contributed by atoms with Crippen molar-refractivity contribution in [2.45, 2.75) is 33.6 Å². The smallest absolute Gasteiger partial charge is 0.223 e. The van der Waals surface area contributed by atoms with Crippen molar-refractivity contribution >= 4 is 5.91 Å². The summed E-state index contributed by atoms with van der Waals surface area (Å²) in [7, 11) is 1.64. The van der Waals surface area contributed by atoms with Crippen LogP contribution < -0.4 is 0 Å². The number of likely N-dealkylation sites (tertiary alicyclic amines) is 1. The molecule has 2 heterocycles. The molecule has 1 aromatic rings. The minimum Gasteiger partial charge on any atom is -0.383 e. The van der Waals surface area contributed by atoms with E-state index in [0.717, 1.165) is 29.1 Å². The van der Waals surface area contributed by atoms with Crippen LogP contribution in [0.1, 0.15) is 34.5 Å². The van der Waals surface area contributed by atoms with Crippen molar-refractivity contribution in [3.63, 3.8) is 0 Å². The molecular formula is C17H23N3O2. The summed E-state index contributed by atoms with van der Waals surface area (Å²) in [4.78, 5) is 18.5. The molecule has 1 aliphatic heterocycles. The average Bonchev–Trinajstić information content (AvgIpc) is 2.83. The molecule has 0 spiro atoms. The summed E-state index contributed by atoms with van der Waals surface area (Å²) in [6.07, 6.45) is 1.21. The Labute approximate surface area is 131 Å². The topological polar surface area (TPSA) is 66.2 Å². The minimum atomic E-state index is 0.168. The molecule has 5 nitrogen and oxygen atoms in total. The second-order valence-corrected chi connectivity index (χ2v) is 5.99. The van der Waals surface area contributed by atoms with Gasteiger partial charge in [-0.1, -0.05) is 0 Å². The van der Waals surface area contributed by atoms with Crippen LogP contribution in [0.25, 0.3) is 0 Å². The van der Waals surface area contributed by atoms with Gasteiger partial charge in [0.05, 0.1) is 17.9 Å². The Morgan fingerprint density at radius 1 is 1.36 bits per heavy atom. The van der Waals surface area contributed by atoms with Crippen LogP contribution >= 0.6 is 0 Å². The number of rotatable bonds is 5. The van der Waals surface area contributed by atoms with E-state index in [1.165, 1.54) is 0 Å². The van der Waals surface area contributed by atoms with E-state index in [-0.39, 0.29) is 11.8 Å². The maximum Gasteiger partial charge on any atom is 0.223 e. The van der Waals surface area contributed by atoms with Crippen molar-refractivity contribution in [3.05, 3.63) is 28.1 Å². The van der Waals surface area contributed by atoms with E-state index in [9.17, 15) is 10.1 Å². The summed E-state index contributed by atoms with van der Waals surface area (Å²) in [5, 5.41) is 9.42. The fourth-order valence-electron chi connectivity index (χ4n) is 3.00. The number of carbonyl (C=O) groups is 1. The lowest BCUT2D eigenvalue weighted by Crippen LogP contribution is -2.29. The number of nitrogens with zero attached hydrogens (tertiary/aromatic N) is 3. The van der Waals surface area contributed by atoms with E-state index in [0.29, 0.717) is 31.6 Å². The second kappa shape index (κ2) is 6.89. The van der Waals surface area contributed by atoms with Crippen molar-refractivity contribution in [3.8, 4) is 6.07 Å². The highest BCUT2D eigenvalue weighted by Crippen LogP contribution is 2.25. The third-order valence-electron chi connectivity index (χ3n) is 4.53. The van der Waals surface area contributed by atoms with E-state index in [2.05, 4.69) is 11.1 Å². The van der Waals surface area contributed by atoms with Gasteiger partial charge in [-0.15, -0.1) is 0 Å². The van der Waals surface area contributed by atoms with Crippen molar-refractivity contribution in [1.29, 1.82) is 5.26 Å². The molecule has 1 atom stereocenters. The lowest BCUT2D eigenvalue weighted by molar-refractivity contribution is -0.128. The second-order valence-electron chi connectivity index (χ2n) is 5.99. The zero-order valence-electron chi connectivity index (χ0n) is 13.8. The first kappa shape index (κ1) is 16.4. The molecule has 1 fully saturated rings. The molecule has 0 aromatic carbocycles. The van der Waals surface area contributed by atoms with Gasteiger partial charge < -0.3 is 9.64 Å². The van der Waals surface area contributed by atoms with E-state index in [1.807, 2.05) is 25.7 Å². The largest absolute Gasteiger partial charge is 0.383 e. The van der Waals surface area contributed by atoms with Gasteiger partial charge in [-0.3, -0.25) is 9.78 Å². The van der Waals surface area contributed by atoms with E-state index >= 15 is 0 Å². The highest BCUT2D eigenvalue weighted by molar-refractivity contribution is 5.78. The third-order valence-corrected chi connectivity index (χ3v) is 4.53. The number of carbonyl (C=O) groups excluding carboxylic acids is 1. The molecule has 0 radical (unpaired) electrons. The predicted molar refractivity (Wildman–Crippen MR) is 83.4 cm³/mol. The van der Waals surface area contributed by atoms with Crippen molar-refractivity contribution in [2.75, 3.05) is 26.8 Å². The van der Waals surface area contributed by atoms with Gasteiger partial charge in [0.1, 0.15) is 6.07 Å². The first-order chi connectivity index (χ1) is 10.5. The first-order valence-electron chi connectivity index (χ1n) is 7.61. The molecule has 5 heteroatoms. The number of hydrogen-bond donors (Lipinski definition) is 0. The SMILES string of the molecule is COCCN1C[C@H](Cc2nc(C)c(C)c(C)c2C#N)CC1=O. The molecule has 1 aliphatic rings. The third kappa shape index (κ3) is 3.28.